The summed E-state index contributed by atoms with van der Waals surface area (Å²) >= 11 is 5.85. The summed E-state index contributed by atoms with van der Waals surface area (Å²) in [6, 6.07) is 6.34. The lowest BCUT2D eigenvalue weighted by molar-refractivity contribution is 0.0143. The molecule has 1 heterocycles. The van der Waals surface area contributed by atoms with Crippen LogP contribution < -0.4 is 0 Å². The molecule has 0 spiro atoms. The van der Waals surface area contributed by atoms with E-state index in [4.69, 9.17) is 16.3 Å². The lowest BCUT2D eigenvalue weighted by atomic mass is 9.94. The molecule has 114 valence electrons. The first-order valence-corrected chi connectivity index (χ1v) is 9.17. The topological polar surface area (TPSA) is 46.6 Å². The van der Waals surface area contributed by atoms with E-state index in [1.165, 1.54) is 12.8 Å². The Balaban J connectivity index is 1.90. The number of nitrogens with zero attached hydrogens (tertiary/aromatic N) is 1. The third-order valence-corrected chi connectivity index (χ3v) is 6.49. The number of sulfonamides is 1. The second-order valence-electron chi connectivity index (χ2n) is 6.01. The summed E-state index contributed by atoms with van der Waals surface area (Å²) in [5, 5.41) is 0.540. The van der Waals surface area contributed by atoms with Crippen molar-refractivity contribution in [3.63, 3.8) is 0 Å². The molecule has 2 aliphatic rings. The van der Waals surface area contributed by atoms with Crippen LogP contribution in [0.2, 0.25) is 5.02 Å². The quantitative estimate of drug-likeness (QED) is 0.787. The maximum atomic E-state index is 12.9. The van der Waals surface area contributed by atoms with Crippen LogP contribution in [0.15, 0.2) is 29.2 Å². The smallest absolute Gasteiger partial charge is 0.243 e. The van der Waals surface area contributed by atoms with Gasteiger partial charge in [0.1, 0.15) is 7.85 Å². The minimum atomic E-state index is -3.50. The minimum Gasteiger partial charge on any atom is -0.379 e. The predicted octanol–water partition coefficient (Wildman–Crippen LogP) is 1.49. The minimum absolute atomic E-state index is 0.0538. The maximum absolute atomic E-state index is 12.9. The van der Waals surface area contributed by atoms with Gasteiger partial charge in [-0.1, -0.05) is 24.4 Å². The summed E-state index contributed by atoms with van der Waals surface area (Å²) in [6.07, 6.45) is 3.32. The molecule has 3 rings (SSSR count). The summed E-state index contributed by atoms with van der Waals surface area (Å²) in [5.74, 6) is 0.523. The van der Waals surface area contributed by atoms with Crippen molar-refractivity contribution in [1.82, 2.24) is 4.31 Å². The number of benzene rings is 1. The molecule has 1 aromatic rings. The molecule has 0 aromatic heterocycles. The van der Waals surface area contributed by atoms with Crippen LogP contribution in [0, 0.1) is 5.92 Å². The van der Waals surface area contributed by atoms with E-state index in [9.17, 15) is 8.42 Å². The Morgan fingerprint density at radius 3 is 2.52 bits per heavy atom. The number of morpholine rings is 1. The van der Waals surface area contributed by atoms with E-state index in [1.54, 1.807) is 28.6 Å². The zero-order chi connectivity index (χ0) is 15.0. The van der Waals surface area contributed by atoms with Crippen LogP contribution in [0.4, 0.5) is 0 Å². The summed E-state index contributed by atoms with van der Waals surface area (Å²) in [6.45, 7) is 0.946. The Kier molecular flexibility index (Phi) is 4.32. The number of rotatable bonds is 4. The fourth-order valence-electron chi connectivity index (χ4n) is 2.95. The van der Waals surface area contributed by atoms with Crippen LogP contribution in [-0.2, 0) is 14.8 Å². The van der Waals surface area contributed by atoms with Crippen LogP contribution in [0.1, 0.15) is 19.3 Å². The van der Waals surface area contributed by atoms with Crippen LogP contribution in [0.5, 0.6) is 0 Å². The molecule has 2 atom stereocenters. The standard InChI is InChI=1S/C14H19BClNO3S/c15-14-9-20-8-12(7-10-1-2-10)17(14)21(18,19)13-5-3-11(16)4-6-13/h3-6,10,12,14H,1-2,7-9,15H2/t12-,14-/m1/s1. The van der Waals surface area contributed by atoms with Crippen LogP contribution in [-0.4, -0.2) is 45.8 Å². The third-order valence-electron chi connectivity index (χ3n) is 4.15. The molecule has 1 saturated carbocycles. The highest BCUT2D eigenvalue weighted by Crippen LogP contribution is 2.37. The molecule has 1 saturated heterocycles. The summed E-state index contributed by atoms with van der Waals surface area (Å²) in [7, 11) is -1.59. The average Bonchev–Trinajstić information content (AvgIpc) is 3.23. The van der Waals surface area contributed by atoms with Gasteiger partial charge in [0.25, 0.3) is 0 Å². The van der Waals surface area contributed by atoms with Gasteiger partial charge in [0.05, 0.1) is 18.1 Å². The van der Waals surface area contributed by atoms with E-state index in [0.29, 0.717) is 29.0 Å². The van der Waals surface area contributed by atoms with Gasteiger partial charge < -0.3 is 4.74 Å². The van der Waals surface area contributed by atoms with Crippen molar-refractivity contribution < 1.29 is 13.2 Å². The molecule has 1 aliphatic carbocycles. The summed E-state index contributed by atoms with van der Waals surface area (Å²) in [5.41, 5.74) is 0. The van der Waals surface area contributed by atoms with E-state index in [0.717, 1.165) is 6.42 Å². The molecule has 0 radical (unpaired) electrons. The Hall–Kier alpha value is -0.555. The highest BCUT2D eigenvalue weighted by atomic mass is 35.5. The molecule has 4 nitrogen and oxygen atoms in total. The van der Waals surface area contributed by atoms with Gasteiger partial charge in [-0.15, -0.1) is 0 Å². The fourth-order valence-corrected chi connectivity index (χ4v) is 4.88. The molecular weight excluding hydrogens is 308 g/mol. The van der Waals surface area contributed by atoms with Crippen LogP contribution >= 0.6 is 11.6 Å². The zero-order valence-electron chi connectivity index (χ0n) is 12.0. The van der Waals surface area contributed by atoms with Gasteiger partial charge in [0.15, 0.2) is 0 Å². The normalized spacial score (nSPS) is 27.7. The highest BCUT2D eigenvalue weighted by Gasteiger charge is 2.40. The van der Waals surface area contributed by atoms with Gasteiger partial charge in [-0.25, -0.2) is 8.42 Å². The first-order valence-electron chi connectivity index (χ1n) is 7.35. The Bertz CT molecular complexity index is 603. The first kappa shape index (κ1) is 15.3. The van der Waals surface area contributed by atoms with Crippen molar-refractivity contribution in [2.24, 2.45) is 5.92 Å². The second-order valence-corrected chi connectivity index (χ2v) is 8.29. The maximum Gasteiger partial charge on any atom is 0.243 e. The second kappa shape index (κ2) is 5.91. The molecule has 0 bridgehead atoms. The molecule has 0 amide bonds. The zero-order valence-corrected chi connectivity index (χ0v) is 13.6. The van der Waals surface area contributed by atoms with E-state index in [1.807, 2.05) is 7.85 Å². The van der Waals surface area contributed by atoms with E-state index in [-0.39, 0.29) is 12.0 Å². The van der Waals surface area contributed by atoms with Crippen molar-refractivity contribution in [2.45, 2.75) is 36.1 Å². The number of hydrogen-bond acceptors (Lipinski definition) is 3. The Morgan fingerprint density at radius 1 is 1.24 bits per heavy atom. The van der Waals surface area contributed by atoms with E-state index in [2.05, 4.69) is 0 Å². The molecule has 21 heavy (non-hydrogen) atoms. The molecule has 2 fully saturated rings. The molecule has 0 unspecified atom stereocenters. The summed E-state index contributed by atoms with van der Waals surface area (Å²) < 4.78 is 33.1. The van der Waals surface area contributed by atoms with Crippen molar-refractivity contribution in [2.75, 3.05) is 13.2 Å². The lowest BCUT2D eigenvalue weighted by Crippen LogP contribution is -2.55. The number of halogens is 1. The monoisotopic (exact) mass is 327 g/mol. The number of ether oxygens (including phenoxy) is 1. The Morgan fingerprint density at radius 2 is 1.90 bits per heavy atom. The lowest BCUT2D eigenvalue weighted by Gasteiger charge is -2.39. The SMILES string of the molecule is B[C@H]1COC[C@@H](CC2CC2)N1S(=O)(=O)c1ccc(Cl)cc1. The van der Waals surface area contributed by atoms with Gasteiger partial charge in [-0.05, 0) is 36.6 Å². The molecule has 1 aromatic carbocycles. The highest BCUT2D eigenvalue weighted by molar-refractivity contribution is 7.89. The van der Waals surface area contributed by atoms with Crippen LogP contribution in [0.25, 0.3) is 0 Å². The van der Waals surface area contributed by atoms with Gasteiger partial charge in [0.2, 0.25) is 10.0 Å². The fraction of sp³-hybridized carbons (Fsp3) is 0.571. The molecule has 0 N–H and O–H groups in total. The van der Waals surface area contributed by atoms with Gasteiger partial charge in [-0.2, -0.15) is 4.31 Å². The van der Waals surface area contributed by atoms with E-state index < -0.39 is 10.0 Å². The Labute approximate surface area is 131 Å². The van der Waals surface area contributed by atoms with Crippen molar-refractivity contribution >= 4 is 29.5 Å². The third kappa shape index (κ3) is 3.28. The van der Waals surface area contributed by atoms with Gasteiger partial charge in [-0.3, -0.25) is 0 Å². The number of hydrogen-bond donors (Lipinski definition) is 0. The van der Waals surface area contributed by atoms with Gasteiger partial charge >= 0.3 is 0 Å². The van der Waals surface area contributed by atoms with Gasteiger partial charge in [0, 0.05) is 17.0 Å². The molecule has 1 aliphatic heterocycles. The average molecular weight is 328 g/mol. The summed E-state index contributed by atoms with van der Waals surface area (Å²) in [4.78, 5) is 0.307. The first-order chi connectivity index (χ1) is 9.98. The van der Waals surface area contributed by atoms with Crippen LogP contribution in [0.3, 0.4) is 0 Å². The van der Waals surface area contributed by atoms with Crippen molar-refractivity contribution in [1.29, 1.82) is 0 Å². The van der Waals surface area contributed by atoms with E-state index >= 15 is 0 Å². The predicted molar refractivity (Wildman–Crippen MR) is 84.8 cm³/mol. The van der Waals surface area contributed by atoms with Crippen molar-refractivity contribution in [3.8, 4) is 0 Å². The largest absolute Gasteiger partial charge is 0.379 e. The van der Waals surface area contributed by atoms with Crippen molar-refractivity contribution in [3.05, 3.63) is 29.3 Å². The molecular formula is C14H19BClNO3S. The molecule has 7 heteroatoms.